The van der Waals surface area contributed by atoms with E-state index in [0.29, 0.717) is 17.0 Å². The van der Waals surface area contributed by atoms with Crippen LogP contribution in [0.2, 0.25) is 0 Å². The second-order valence-corrected chi connectivity index (χ2v) is 6.18. The Bertz CT molecular complexity index is 589. The molecule has 0 spiro atoms. The van der Waals surface area contributed by atoms with Crippen LogP contribution in [0.5, 0.6) is 5.75 Å². The molecule has 112 valence electrons. The molecule has 1 amide bonds. The predicted octanol–water partition coefficient (Wildman–Crippen LogP) is 1.98. The largest absolute Gasteiger partial charge is 0.476 e. The molecule has 0 aliphatic carbocycles. The number of hydrogen-bond acceptors (Lipinski definition) is 4. The molecule has 5 nitrogen and oxygen atoms in total. The number of anilines is 1. The normalized spacial score (nSPS) is 23.7. The highest BCUT2D eigenvalue weighted by molar-refractivity contribution is 6.03. The average molecular weight is 288 g/mol. The van der Waals surface area contributed by atoms with Gasteiger partial charge in [0.25, 0.3) is 5.91 Å². The highest BCUT2D eigenvalue weighted by Gasteiger charge is 2.35. The molecule has 0 aromatic heterocycles. The number of Topliss-reactive ketones (excluding diaryl/α,β-unsaturated/α-hetero) is 1. The molecule has 3 rings (SSSR count). The van der Waals surface area contributed by atoms with E-state index in [1.807, 2.05) is 0 Å². The molecule has 1 unspecified atom stereocenters. The maximum atomic E-state index is 12.5. The van der Waals surface area contributed by atoms with Crippen molar-refractivity contribution in [3.05, 3.63) is 23.8 Å². The van der Waals surface area contributed by atoms with E-state index < -0.39 is 5.60 Å². The van der Waals surface area contributed by atoms with E-state index in [4.69, 9.17) is 4.74 Å². The van der Waals surface area contributed by atoms with Gasteiger partial charge in [0.15, 0.2) is 11.4 Å². The van der Waals surface area contributed by atoms with Gasteiger partial charge in [0.2, 0.25) is 0 Å². The molecule has 2 N–H and O–H groups in total. The zero-order valence-corrected chi connectivity index (χ0v) is 12.4. The Morgan fingerprint density at radius 2 is 2.19 bits per heavy atom. The summed E-state index contributed by atoms with van der Waals surface area (Å²) in [5.41, 5.74) is 0.325. The Hall–Kier alpha value is -1.88. The minimum atomic E-state index is -0.883. The predicted molar refractivity (Wildman–Crippen MR) is 79.7 cm³/mol. The van der Waals surface area contributed by atoms with E-state index in [-0.39, 0.29) is 17.6 Å². The molecule has 1 atom stereocenters. The Morgan fingerprint density at radius 1 is 1.38 bits per heavy atom. The van der Waals surface area contributed by atoms with Gasteiger partial charge in [-0.2, -0.15) is 0 Å². The first-order valence-corrected chi connectivity index (χ1v) is 7.37. The number of piperidine rings is 1. The van der Waals surface area contributed by atoms with Crippen molar-refractivity contribution in [2.45, 2.75) is 32.3 Å². The summed E-state index contributed by atoms with van der Waals surface area (Å²) in [5.74, 6) is 0.564. The molecular formula is C16H20N2O3. The van der Waals surface area contributed by atoms with Gasteiger partial charge in [-0.3, -0.25) is 9.59 Å². The molecule has 1 aromatic rings. The van der Waals surface area contributed by atoms with Gasteiger partial charge in [-0.15, -0.1) is 0 Å². The van der Waals surface area contributed by atoms with Crippen LogP contribution in [0.3, 0.4) is 0 Å². The summed E-state index contributed by atoms with van der Waals surface area (Å²) in [6.45, 7) is 5.15. The fourth-order valence-electron chi connectivity index (χ4n) is 2.78. The summed E-state index contributed by atoms with van der Waals surface area (Å²) >= 11 is 0. The molecule has 2 heterocycles. The Kier molecular flexibility index (Phi) is 3.45. The zero-order valence-electron chi connectivity index (χ0n) is 12.4. The number of ketones is 1. The van der Waals surface area contributed by atoms with E-state index in [2.05, 4.69) is 10.6 Å². The van der Waals surface area contributed by atoms with Gasteiger partial charge in [0.1, 0.15) is 5.75 Å². The summed E-state index contributed by atoms with van der Waals surface area (Å²) < 4.78 is 5.68. The van der Waals surface area contributed by atoms with Crippen LogP contribution in [0.4, 0.5) is 5.69 Å². The summed E-state index contributed by atoms with van der Waals surface area (Å²) in [4.78, 5) is 24.4. The van der Waals surface area contributed by atoms with E-state index in [1.54, 1.807) is 32.0 Å². The number of amides is 1. The van der Waals surface area contributed by atoms with Gasteiger partial charge >= 0.3 is 0 Å². The molecule has 5 heteroatoms. The number of ether oxygens (including phenoxy) is 1. The number of benzene rings is 1. The van der Waals surface area contributed by atoms with Crippen molar-refractivity contribution < 1.29 is 14.3 Å². The molecule has 0 radical (unpaired) electrons. The minimum absolute atomic E-state index is 0.0217. The first kappa shape index (κ1) is 14.1. The lowest BCUT2D eigenvalue weighted by Gasteiger charge is -2.31. The number of rotatable bonds is 2. The third-order valence-electron chi connectivity index (χ3n) is 4.09. The number of carbonyl (C=O) groups is 2. The van der Waals surface area contributed by atoms with Crippen LogP contribution in [0.1, 0.15) is 37.0 Å². The van der Waals surface area contributed by atoms with Crippen LogP contribution in [0, 0.1) is 5.92 Å². The maximum Gasteiger partial charge on any atom is 0.268 e. The molecule has 2 aliphatic heterocycles. The Balaban J connectivity index is 1.85. The van der Waals surface area contributed by atoms with E-state index in [0.717, 1.165) is 25.9 Å². The number of fused-ring (bicyclic) bond motifs is 1. The van der Waals surface area contributed by atoms with Crippen molar-refractivity contribution in [1.29, 1.82) is 0 Å². The first-order valence-electron chi connectivity index (χ1n) is 7.37. The van der Waals surface area contributed by atoms with Crippen molar-refractivity contribution in [2.75, 3.05) is 18.4 Å². The molecular weight excluding hydrogens is 268 g/mol. The summed E-state index contributed by atoms with van der Waals surface area (Å²) in [6, 6.07) is 5.27. The number of hydrogen-bond donors (Lipinski definition) is 2. The lowest BCUT2D eigenvalue weighted by atomic mass is 9.90. The lowest BCUT2D eigenvalue weighted by Crippen LogP contribution is -2.45. The Morgan fingerprint density at radius 3 is 2.90 bits per heavy atom. The van der Waals surface area contributed by atoms with Crippen LogP contribution < -0.4 is 15.4 Å². The van der Waals surface area contributed by atoms with Crippen molar-refractivity contribution in [3.63, 3.8) is 0 Å². The van der Waals surface area contributed by atoms with Crippen molar-refractivity contribution >= 4 is 17.4 Å². The second-order valence-electron chi connectivity index (χ2n) is 6.18. The Labute approximate surface area is 124 Å². The van der Waals surface area contributed by atoms with E-state index in [1.165, 1.54) is 0 Å². The van der Waals surface area contributed by atoms with Gasteiger partial charge < -0.3 is 15.4 Å². The molecule has 0 bridgehead atoms. The SMILES string of the molecule is CC1(C)Oc2ccc(C(=O)C3CCCNC3)cc2NC1=O. The van der Waals surface area contributed by atoms with Crippen LogP contribution >= 0.6 is 0 Å². The summed E-state index contributed by atoms with van der Waals surface area (Å²) in [5, 5.41) is 6.07. The summed E-state index contributed by atoms with van der Waals surface area (Å²) in [7, 11) is 0. The van der Waals surface area contributed by atoms with E-state index in [9.17, 15) is 9.59 Å². The lowest BCUT2D eigenvalue weighted by molar-refractivity contribution is -0.129. The fraction of sp³-hybridized carbons (Fsp3) is 0.500. The van der Waals surface area contributed by atoms with Gasteiger partial charge in [0, 0.05) is 18.0 Å². The van der Waals surface area contributed by atoms with Crippen LogP contribution in [0.25, 0.3) is 0 Å². The summed E-state index contributed by atoms with van der Waals surface area (Å²) in [6.07, 6.45) is 1.94. The third-order valence-corrected chi connectivity index (χ3v) is 4.09. The van der Waals surface area contributed by atoms with Crippen molar-refractivity contribution in [1.82, 2.24) is 5.32 Å². The second kappa shape index (κ2) is 5.15. The molecule has 21 heavy (non-hydrogen) atoms. The van der Waals surface area contributed by atoms with Crippen LogP contribution in [-0.2, 0) is 4.79 Å². The van der Waals surface area contributed by atoms with Crippen LogP contribution in [0.15, 0.2) is 18.2 Å². The highest BCUT2D eigenvalue weighted by Crippen LogP contribution is 2.34. The first-order chi connectivity index (χ1) is 9.97. The fourth-order valence-corrected chi connectivity index (χ4v) is 2.78. The van der Waals surface area contributed by atoms with Gasteiger partial charge in [-0.1, -0.05) is 0 Å². The average Bonchev–Trinajstić information content (AvgIpc) is 2.48. The highest BCUT2D eigenvalue weighted by atomic mass is 16.5. The number of carbonyl (C=O) groups excluding carboxylic acids is 2. The van der Waals surface area contributed by atoms with Crippen LogP contribution in [-0.4, -0.2) is 30.4 Å². The standard InChI is InChI=1S/C16H20N2O3/c1-16(2)15(20)18-12-8-10(5-6-13(12)21-16)14(19)11-4-3-7-17-9-11/h5-6,8,11,17H,3-4,7,9H2,1-2H3,(H,18,20). The third kappa shape index (κ3) is 2.65. The van der Waals surface area contributed by atoms with Crippen molar-refractivity contribution in [2.24, 2.45) is 5.92 Å². The monoisotopic (exact) mass is 288 g/mol. The quantitative estimate of drug-likeness (QED) is 0.817. The molecule has 0 saturated carbocycles. The topological polar surface area (TPSA) is 67.4 Å². The van der Waals surface area contributed by atoms with Gasteiger partial charge in [-0.05, 0) is 51.4 Å². The van der Waals surface area contributed by atoms with E-state index >= 15 is 0 Å². The molecule has 1 aromatic carbocycles. The zero-order chi connectivity index (χ0) is 15.0. The number of nitrogens with one attached hydrogen (secondary N) is 2. The smallest absolute Gasteiger partial charge is 0.268 e. The van der Waals surface area contributed by atoms with Crippen molar-refractivity contribution in [3.8, 4) is 5.75 Å². The molecule has 2 aliphatic rings. The maximum absolute atomic E-state index is 12.5. The molecule has 1 saturated heterocycles. The molecule has 1 fully saturated rings. The van der Waals surface area contributed by atoms with Gasteiger partial charge in [-0.25, -0.2) is 0 Å². The van der Waals surface area contributed by atoms with Gasteiger partial charge in [0.05, 0.1) is 5.69 Å². The minimum Gasteiger partial charge on any atom is -0.476 e.